The molecule has 0 spiro atoms. The summed E-state index contributed by atoms with van der Waals surface area (Å²) in [6, 6.07) is 4.60. The first-order chi connectivity index (χ1) is 21.8. The second-order valence-electron chi connectivity index (χ2n) is 12.7. The van der Waals surface area contributed by atoms with Gasteiger partial charge in [0.2, 0.25) is 0 Å². The zero-order chi connectivity index (χ0) is 31.0. The number of pyridine rings is 1. The van der Waals surface area contributed by atoms with E-state index >= 15 is 0 Å². The molecule has 0 bridgehead atoms. The van der Waals surface area contributed by atoms with Crippen LogP contribution in [-0.4, -0.2) is 79.2 Å². The van der Waals surface area contributed by atoms with E-state index in [2.05, 4.69) is 66.6 Å². The van der Waals surface area contributed by atoms with Gasteiger partial charge in [0.05, 0.1) is 52.3 Å². The average molecular weight is 627 g/mol. The number of rotatable bonds is 10. The molecule has 0 unspecified atom stereocenters. The van der Waals surface area contributed by atoms with Crippen molar-refractivity contribution >= 4 is 27.3 Å². The summed E-state index contributed by atoms with van der Waals surface area (Å²) in [5, 5.41) is 15.3. The Balaban J connectivity index is 1.11. The van der Waals surface area contributed by atoms with Gasteiger partial charge in [0.15, 0.2) is 5.82 Å². The van der Waals surface area contributed by atoms with Crippen LogP contribution in [0.25, 0.3) is 11.4 Å². The quantitative estimate of drug-likeness (QED) is 0.246. The summed E-state index contributed by atoms with van der Waals surface area (Å²) in [6.07, 6.45) is 18.5. The highest BCUT2D eigenvalue weighted by Crippen LogP contribution is 2.34. The maximum absolute atomic E-state index is 12.6. The molecule has 0 atom stereocenters. The monoisotopic (exact) mass is 626 g/mol. The van der Waals surface area contributed by atoms with Gasteiger partial charge in [0.1, 0.15) is 11.6 Å². The highest BCUT2D eigenvalue weighted by molar-refractivity contribution is 7.90. The summed E-state index contributed by atoms with van der Waals surface area (Å²) < 4.78 is 28.2. The molecular formula is C32H38N10O2S. The third-order valence-corrected chi connectivity index (χ3v) is 10.6. The maximum Gasteiger partial charge on any atom is 0.256 e. The van der Waals surface area contributed by atoms with Gasteiger partial charge in [-0.3, -0.25) is 4.68 Å². The summed E-state index contributed by atoms with van der Waals surface area (Å²) in [7, 11) is 0.818. The fraction of sp³-hybridized carbons (Fsp3) is 0.469. The van der Waals surface area contributed by atoms with Crippen LogP contribution in [0.5, 0.6) is 0 Å². The van der Waals surface area contributed by atoms with Crippen molar-refractivity contribution < 1.29 is 8.42 Å². The molecule has 3 saturated carbocycles. The van der Waals surface area contributed by atoms with Crippen LogP contribution in [0.15, 0.2) is 49.3 Å². The van der Waals surface area contributed by atoms with Crippen LogP contribution in [-0.2, 0) is 10.0 Å². The summed E-state index contributed by atoms with van der Waals surface area (Å²) in [4.78, 5) is 15.9. The van der Waals surface area contributed by atoms with Gasteiger partial charge in [0, 0.05) is 37.2 Å². The molecule has 7 rings (SSSR count). The maximum atomic E-state index is 12.6. The molecule has 4 aromatic heterocycles. The lowest BCUT2D eigenvalue weighted by molar-refractivity contribution is 0.255. The zero-order valence-electron chi connectivity index (χ0n) is 25.6. The van der Waals surface area contributed by atoms with E-state index in [0.29, 0.717) is 47.9 Å². The van der Waals surface area contributed by atoms with Gasteiger partial charge in [-0.05, 0) is 77.4 Å². The van der Waals surface area contributed by atoms with Crippen molar-refractivity contribution in [2.24, 2.45) is 5.92 Å². The molecule has 0 aliphatic heterocycles. The molecule has 3 aliphatic carbocycles. The predicted molar refractivity (Wildman–Crippen MR) is 173 cm³/mol. The predicted octanol–water partition coefficient (Wildman–Crippen LogP) is 4.28. The molecule has 2 N–H and O–H groups in total. The Morgan fingerprint density at radius 2 is 1.76 bits per heavy atom. The highest BCUT2D eigenvalue weighted by atomic mass is 32.2. The smallest absolute Gasteiger partial charge is 0.256 e. The largest absolute Gasteiger partial charge is 0.381 e. The van der Waals surface area contributed by atoms with Crippen LogP contribution in [0.1, 0.15) is 68.5 Å². The second kappa shape index (κ2) is 12.3. The third kappa shape index (κ3) is 7.02. The molecule has 0 amide bonds. The molecule has 4 aromatic rings. The van der Waals surface area contributed by atoms with Crippen molar-refractivity contribution in [1.82, 2.24) is 38.8 Å². The molecule has 4 heterocycles. The molecule has 0 radical (unpaired) electrons. The Kier molecular flexibility index (Phi) is 8.01. The lowest BCUT2D eigenvalue weighted by atomic mass is 9.85. The number of aromatic nitrogens is 7. The molecule has 0 saturated heterocycles. The van der Waals surface area contributed by atoms with Crippen molar-refractivity contribution in [2.75, 3.05) is 31.3 Å². The van der Waals surface area contributed by atoms with Crippen molar-refractivity contribution in [3.8, 4) is 23.2 Å². The Bertz CT molecular complexity index is 1840. The Morgan fingerprint density at radius 1 is 0.933 bits per heavy atom. The van der Waals surface area contributed by atoms with Crippen LogP contribution >= 0.6 is 0 Å². The van der Waals surface area contributed by atoms with Crippen LogP contribution in [0.4, 0.5) is 17.3 Å². The number of anilines is 3. The topological polar surface area (TPSA) is 136 Å². The van der Waals surface area contributed by atoms with E-state index in [0.717, 1.165) is 46.2 Å². The second-order valence-corrected chi connectivity index (χ2v) is 14.7. The number of hydrogen-bond acceptors (Lipinski definition) is 10. The van der Waals surface area contributed by atoms with E-state index < -0.39 is 10.0 Å². The van der Waals surface area contributed by atoms with E-state index in [1.54, 1.807) is 18.5 Å². The fourth-order valence-corrected chi connectivity index (χ4v) is 7.30. The van der Waals surface area contributed by atoms with Gasteiger partial charge >= 0.3 is 0 Å². The van der Waals surface area contributed by atoms with Crippen molar-refractivity contribution in [3.05, 3.63) is 60.4 Å². The SMILES string of the molecule is CN(C)CC1CCC(Nc2cc(Nc3ccnc(-c4cnn(S(=O)(=O)C5CC5)c4)n3)ncc2C#Cc2cnn(C3CC3)c2)CC1. The summed E-state index contributed by atoms with van der Waals surface area (Å²) in [5.41, 5.74) is 3.16. The van der Waals surface area contributed by atoms with E-state index in [1.165, 1.54) is 38.1 Å². The number of hydrogen-bond donors (Lipinski definition) is 2. The summed E-state index contributed by atoms with van der Waals surface area (Å²) in [6.45, 7) is 1.12. The molecule has 3 aliphatic rings. The fourth-order valence-electron chi connectivity index (χ4n) is 5.83. The molecule has 234 valence electrons. The minimum Gasteiger partial charge on any atom is -0.381 e. The van der Waals surface area contributed by atoms with E-state index in [1.807, 2.05) is 23.1 Å². The lowest BCUT2D eigenvalue weighted by Gasteiger charge is -2.31. The van der Waals surface area contributed by atoms with Gasteiger partial charge in [0.25, 0.3) is 10.0 Å². The summed E-state index contributed by atoms with van der Waals surface area (Å²) >= 11 is 0. The van der Waals surface area contributed by atoms with Crippen molar-refractivity contribution in [1.29, 1.82) is 0 Å². The highest BCUT2D eigenvalue weighted by Gasteiger charge is 2.37. The van der Waals surface area contributed by atoms with Gasteiger partial charge in [-0.2, -0.15) is 14.3 Å². The third-order valence-electron chi connectivity index (χ3n) is 8.53. The van der Waals surface area contributed by atoms with Crippen molar-refractivity contribution in [3.63, 3.8) is 0 Å². The first kappa shape index (κ1) is 29.4. The average Bonchev–Trinajstić information content (AvgIpc) is 3.96. The van der Waals surface area contributed by atoms with Crippen molar-refractivity contribution in [2.45, 2.75) is 68.7 Å². The van der Waals surface area contributed by atoms with E-state index in [-0.39, 0.29) is 5.25 Å². The molecule has 12 nitrogen and oxygen atoms in total. The molecule has 45 heavy (non-hydrogen) atoms. The first-order valence-corrected chi connectivity index (χ1v) is 17.2. The van der Waals surface area contributed by atoms with Crippen LogP contribution in [0, 0.1) is 17.8 Å². The Hall–Kier alpha value is -4.28. The number of nitrogens with one attached hydrogen (secondary N) is 2. The van der Waals surface area contributed by atoms with E-state index in [9.17, 15) is 8.42 Å². The zero-order valence-corrected chi connectivity index (χ0v) is 26.4. The standard InChI is InChI=1S/C32H38N10O2S/c1-40(2)19-22-4-7-26(8-5-22)37-29-15-31(34-17-24(29)6-3-23-16-35-41(20-23)27-9-10-27)38-30-13-14-33-32(39-30)25-18-36-42(21-25)45(43,44)28-11-12-28/h13-18,20-22,26-28H,4-5,7-12,19H2,1-2H3,(H2,33,34,37,38,39). The normalized spacial score (nSPS) is 20.1. The van der Waals surface area contributed by atoms with Crippen LogP contribution in [0.2, 0.25) is 0 Å². The Labute approximate surface area is 263 Å². The minimum atomic E-state index is -3.46. The van der Waals surface area contributed by atoms with E-state index in [4.69, 9.17) is 0 Å². The van der Waals surface area contributed by atoms with Gasteiger partial charge in [-0.1, -0.05) is 11.8 Å². The molecular weight excluding hydrogens is 588 g/mol. The van der Waals surface area contributed by atoms with Crippen LogP contribution in [0.3, 0.4) is 0 Å². The lowest BCUT2D eigenvalue weighted by Crippen LogP contribution is -2.31. The minimum absolute atomic E-state index is 0.353. The van der Waals surface area contributed by atoms with Gasteiger partial charge in [-0.15, -0.1) is 0 Å². The first-order valence-electron chi connectivity index (χ1n) is 15.7. The summed E-state index contributed by atoms with van der Waals surface area (Å²) in [5.74, 6) is 8.85. The molecule has 13 heteroatoms. The van der Waals surface area contributed by atoms with Gasteiger partial charge in [-0.25, -0.2) is 23.4 Å². The van der Waals surface area contributed by atoms with Gasteiger partial charge < -0.3 is 15.5 Å². The van der Waals surface area contributed by atoms with Crippen LogP contribution < -0.4 is 10.6 Å². The number of nitrogens with zero attached hydrogens (tertiary/aromatic N) is 8. The molecule has 3 fully saturated rings. The molecule has 0 aromatic carbocycles. The Morgan fingerprint density at radius 3 is 2.51 bits per heavy atom.